The number of rotatable bonds is 3. The summed E-state index contributed by atoms with van der Waals surface area (Å²) in [6, 6.07) is 0.430. The largest absolute Gasteiger partial charge is 0.359 e. The molecule has 2 fully saturated rings. The molecule has 172 valence electrons. The first-order chi connectivity index (χ1) is 13.8. The molecule has 1 aliphatic heterocycles. The quantitative estimate of drug-likeness (QED) is 0.556. The predicted octanol–water partition coefficient (Wildman–Crippen LogP) is 6.29. The molecule has 1 saturated carbocycles. The number of nitrogens with zero attached hydrogens (tertiary/aromatic N) is 1. The van der Waals surface area contributed by atoms with Gasteiger partial charge in [0.1, 0.15) is 5.72 Å². The predicted molar refractivity (Wildman–Crippen MR) is 124 cm³/mol. The third-order valence-corrected chi connectivity index (χ3v) is 7.26. The second-order valence-corrected chi connectivity index (χ2v) is 9.78. The van der Waals surface area contributed by atoms with Gasteiger partial charge in [-0.15, -0.1) is 0 Å². The van der Waals surface area contributed by atoms with Gasteiger partial charge >= 0.3 is 0 Å². The Morgan fingerprint density at radius 2 is 1.38 bits per heavy atom. The van der Waals surface area contributed by atoms with Crippen LogP contribution in [0.4, 0.5) is 0 Å². The zero-order valence-corrected chi connectivity index (χ0v) is 20.6. The van der Waals surface area contributed by atoms with Gasteiger partial charge in [0.15, 0.2) is 0 Å². The topological polar surface area (TPSA) is 41.6 Å². The van der Waals surface area contributed by atoms with Crippen LogP contribution in [0.25, 0.3) is 0 Å². The highest BCUT2D eigenvalue weighted by atomic mass is 16.5. The molecule has 4 nitrogen and oxygen atoms in total. The van der Waals surface area contributed by atoms with Crippen molar-refractivity contribution in [3.8, 4) is 0 Å². The van der Waals surface area contributed by atoms with E-state index in [2.05, 4.69) is 38.0 Å². The van der Waals surface area contributed by atoms with Crippen molar-refractivity contribution in [1.82, 2.24) is 10.2 Å². The summed E-state index contributed by atoms with van der Waals surface area (Å²) in [5.74, 6) is 0.288. The summed E-state index contributed by atoms with van der Waals surface area (Å²) in [5.41, 5.74) is -0.403. The third-order valence-electron chi connectivity index (χ3n) is 7.26. The fourth-order valence-corrected chi connectivity index (χ4v) is 5.09. The minimum atomic E-state index is -0.465. The summed E-state index contributed by atoms with van der Waals surface area (Å²) in [5, 5.41) is 3.40. The van der Waals surface area contributed by atoms with Crippen molar-refractivity contribution in [3.05, 3.63) is 0 Å². The average molecular weight is 411 g/mol. The third kappa shape index (κ3) is 8.20. The normalized spacial score (nSPS) is 28.8. The molecule has 2 rings (SSSR count). The van der Waals surface area contributed by atoms with Crippen LogP contribution in [0.5, 0.6) is 0 Å². The lowest BCUT2D eigenvalue weighted by atomic mass is 9.79. The molecular weight excluding hydrogens is 360 g/mol. The molecule has 2 aliphatic rings. The number of ether oxygens (including phenoxy) is 1. The van der Waals surface area contributed by atoms with Gasteiger partial charge in [-0.05, 0) is 66.3 Å². The van der Waals surface area contributed by atoms with E-state index < -0.39 is 5.72 Å². The Kier molecular flexibility index (Phi) is 11.8. The van der Waals surface area contributed by atoms with E-state index in [-0.39, 0.29) is 17.4 Å². The van der Waals surface area contributed by atoms with Gasteiger partial charge in [-0.25, -0.2) is 0 Å². The highest BCUT2D eigenvalue weighted by molar-refractivity contribution is 5.79. The number of hydrogen-bond acceptors (Lipinski definition) is 3. The molecule has 0 bridgehead atoms. The molecule has 0 aromatic carbocycles. The molecule has 2 unspecified atom stereocenters. The van der Waals surface area contributed by atoms with Crippen LogP contribution >= 0.6 is 0 Å². The molecule has 0 radical (unpaired) electrons. The maximum atomic E-state index is 13.2. The highest BCUT2D eigenvalue weighted by Crippen LogP contribution is 2.35. The number of likely N-dealkylation sites (tertiary alicyclic amines) is 1. The summed E-state index contributed by atoms with van der Waals surface area (Å²) < 4.78 is 6.00. The second-order valence-electron chi connectivity index (χ2n) is 9.78. The molecule has 1 saturated heterocycles. The second kappa shape index (κ2) is 12.9. The summed E-state index contributed by atoms with van der Waals surface area (Å²) in [6.07, 6.45) is 15.3. The molecule has 0 aromatic rings. The van der Waals surface area contributed by atoms with Crippen molar-refractivity contribution in [1.29, 1.82) is 0 Å². The number of amides is 1. The van der Waals surface area contributed by atoms with Gasteiger partial charge in [-0.2, -0.15) is 0 Å². The van der Waals surface area contributed by atoms with Gasteiger partial charge in [0, 0.05) is 24.6 Å². The van der Waals surface area contributed by atoms with E-state index in [1.165, 1.54) is 44.9 Å². The first-order valence-corrected chi connectivity index (χ1v) is 12.4. The minimum Gasteiger partial charge on any atom is -0.359 e. The zero-order chi connectivity index (χ0) is 21.9. The first kappa shape index (κ1) is 26.4. The Morgan fingerprint density at radius 3 is 1.79 bits per heavy atom. The number of piperidine rings is 1. The van der Waals surface area contributed by atoms with Gasteiger partial charge in [-0.3, -0.25) is 9.69 Å². The number of carbonyl (C=O) groups is 1. The number of methoxy groups -OCH3 is 1. The molecule has 2 atom stereocenters. The monoisotopic (exact) mass is 410 g/mol. The van der Waals surface area contributed by atoms with Crippen molar-refractivity contribution >= 4 is 5.91 Å². The van der Waals surface area contributed by atoms with Crippen molar-refractivity contribution < 1.29 is 9.53 Å². The number of nitrogens with one attached hydrogen (secondary N) is 1. The lowest BCUT2D eigenvalue weighted by Gasteiger charge is -2.48. The maximum Gasteiger partial charge on any atom is 0.225 e. The first-order valence-electron chi connectivity index (χ1n) is 12.4. The summed E-state index contributed by atoms with van der Waals surface area (Å²) >= 11 is 0. The molecule has 1 heterocycles. The van der Waals surface area contributed by atoms with Gasteiger partial charge in [-0.1, -0.05) is 58.8 Å². The average Bonchev–Trinajstić information content (AvgIpc) is 2.69. The fourth-order valence-electron chi connectivity index (χ4n) is 5.09. The lowest BCUT2D eigenvalue weighted by molar-refractivity contribution is -0.141. The van der Waals surface area contributed by atoms with Crippen LogP contribution < -0.4 is 5.32 Å². The summed E-state index contributed by atoms with van der Waals surface area (Å²) in [6.45, 7) is 10.7. The van der Waals surface area contributed by atoms with E-state index in [4.69, 9.17) is 4.74 Å². The van der Waals surface area contributed by atoms with Crippen molar-refractivity contribution in [3.63, 3.8) is 0 Å². The van der Waals surface area contributed by atoms with Gasteiger partial charge in [0.25, 0.3) is 0 Å². The van der Waals surface area contributed by atoms with Crippen LogP contribution in [0.15, 0.2) is 0 Å². The van der Waals surface area contributed by atoms with Crippen LogP contribution in [0.2, 0.25) is 0 Å². The lowest BCUT2D eigenvalue weighted by Crippen LogP contribution is -2.57. The van der Waals surface area contributed by atoms with E-state index >= 15 is 0 Å². The van der Waals surface area contributed by atoms with Crippen molar-refractivity contribution in [2.75, 3.05) is 14.2 Å². The van der Waals surface area contributed by atoms with E-state index in [1.54, 1.807) is 7.11 Å². The van der Waals surface area contributed by atoms with E-state index in [1.807, 2.05) is 13.8 Å². The van der Waals surface area contributed by atoms with Gasteiger partial charge < -0.3 is 10.1 Å². The Balaban J connectivity index is 0.00000204. The molecular formula is C25H50N2O2. The SMILES string of the molecule is CC.COC1(NC(=O)C2CC(C)N(C)C(C)(C)C2)CCCCCCCCCCC1. The molecule has 1 N–H and O–H groups in total. The molecule has 1 amide bonds. The molecule has 29 heavy (non-hydrogen) atoms. The van der Waals surface area contributed by atoms with E-state index in [9.17, 15) is 4.79 Å². The maximum absolute atomic E-state index is 13.2. The molecule has 0 aromatic heterocycles. The molecule has 0 spiro atoms. The van der Waals surface area contributed by atoms with E-state index in [0.717, 1.165) is 38.5 Å². The number of hydrogen-bond donors (Lipinski definition) is 1. The summed E-state index contributed by atoms with van der Waals surface area (Å²) in [7, 11) is 3.97. The van der Waals surface area contributed by atoms with Crippen LogP contribution in [0.1, 0.15) is 118 Å². The zero-order valence-electron chi connectivity index (χ0n) is 20.6. The smallest absolute Gasteiger partial charge is 0.225 e. The Labute approximate surface area is 181 Å². The van der Waals surface area contributed by atoms with Crippen LogP contribution in [0, 0.1) is 5.92 Å². The molecule has 1 aliphatic carbocycles. The fraction of sp³-hybridized carbons (Fsp3) is 0.960. The number of carbonyl (C=O) groups excluding carboxylic acids is 1. The highest BCUT2D eigenvalue weighted by Gasteiger charge is 2.41. The molecule has 4 heteroatoms. The van der Waals surface area contributed by atoms with Crippen LogP contribution in [-0.4, -0.2) is 42.3 Å². The van der Waals surface area contributed by atoms with Gasteiger partial charge in [0.2, 0.25) is 5.91 Å². The van der Waals surface area contributed by atoms with Crippen LogP contribution in [0.3, 0.4) is 0 Å². The van der Waals surface area contributed by atoms with Crippen molar-refractivity contribution in [2.24, 2.45) is 5.92 Å². The Bertz CT molecular complexity index is 452. The van der Waals surface area contributed by atoms with E-state index in [0.29, 0.717) is 6.04 Å². The Morgan fingerprint density at radius 1 is 0.931 bits per heavy atom. The minimum absolute atomic E-state index is 0.0619. The Hall–Kier alpha value is -0.610. The van der Waals surface area contributed by atoms with Crippen LogP contribution in [-0.2, 0) is 9.53 Å². The van der Waals surface area contributed by atoms with Gasteiger partial charge in [0.05, 0.1) is 0 Å². The van der Waals surface area contributed by atoms with Crippen molar-refractivity contribution in [2.45, 2.75) is 135 Å². The standard InChI is InChI=1S/C23H44N2O2.C2H6/c1-19-17-20(18-22(2,3)25(19)4)21(26)24-23(27-5)15-13-11-9-7-6-8-10-12-14-16-23;1-2/h19-20H,6-18H2,1-5H3,(H,24,26);1-2H3. The summed E-state index contributed by atoms with van der Waals surface area (Å²) in [4.78, 5) is 15.7.